The highest BCUT2D eigenvalue weighted by molar-refractivity contribution is 7.54. The van der Waals surface area contributed by atoms with Crippen molar-refractivity contribution in [1.29, 1.82) is 0 Å². The number of benzene rings is 2. The second-order valence-corrected chi connectivity index (χ2v) is 7.95. The molecule has 0 radical (unpaired) electrons. The lowest BCUT2D eigenvalue weighted by Gasteiger charge is -2.27. The summed E-state index contributed by atoms with van der Waals surface area (Å²) in [4.78, 5) is 22.7. The minimum absolute atomic E-state index is 0.0211. The number of carbonyl (C=O) groups excluding carboxylic acids is 1. The van der Waals surface area contributed by atoms with Crippen LogP contribution in [0.5, 0.6) is 0 Å². The standard InChI is InChI=1S/C19H23N2O7P/c1-3-27-29(25,28-4-2)18(16-10-12-17(13-11-16)21(23)24)20-19(22)26-14-15-8-6-5-7-9-15/h5-13,18H,3-4,14H2,1-2H3,(H,20,22)/t18-/m0/s1. The molecule has 0 bridgehead atoms. The van der Waals surface area contributed by atoms with E-state index >= 15 is 0 Å². The highest BCUT2D eigenvalue weighted by Gasteiger charge is 2.38. The molecule has 2 rings (SSSR count). The molecule has 0 fully saturated rings. The molecule has 1 atom stereocenters. The van der Waals surface area contributed by atoms with Gasteiger partial charge in [0.2, 0.25) is 0 Å². The molecule has 9 nitrogen and oxygen atoms in total. The van der Waals surface area contributed by atoms with E-state index < -0.39 is 24.4 Å². The first-order chi connectivity index (χ1) is 13.9. The van der Waals surface area contributed by atoms with Crippen LogP contribution in [0.4, 0.5) is 10.5 Å². The molecular weight excluding hydrogens is 399 g/mol. The van der Waals surface area contributed by atoms with E-state index in [4.69, 9.17) is 13.8 Å². The van der Waals surface area contributed by atoms with Gasteiger partial charge in [-0.3, -0.25) is 14.7 Å². The summed E-state index contributed by atoms with van der Waals surface area (Å²) < 4.78 is 29.2. The maximum absolute atomic E-state index is 13.3. The van der Waals surface area contributed by atoms with Crippen molar-refractivity contribution in [2.75, 3.05) is 13.2 Å². The summed E-state index contributed by atoms with van der Waals surface area (Å²) in [5.41, 5.74) is 0.978. The molecule has 10 heteroatoms. The third kappa shape index (κ3) is 6.39. The van der Waals surface area contributed by atoms with Crippen LogP contribution in [0.3, 0.4) is 0 Å². The molecule has 2 aromatic rings. The molecule has 0 heterocycles. The number of hydrogen-bond donors (Lipinski definition) is 1. The van der Waals surface area contributed by atoms with Gasteiger partial charge in [-0.1, -0.05) is 30.3 Å². The summed E-state index contributed by atoms with van der Waals surface area (Å²) >= 11 is 0. The lowest BCUT2D eigenvalue weighted by atomic mass is 10.2. The average Bonchev–Trinajstić information content (AvgIpc) is 2.71. The van der Waals surface area contributed by atoms with Crippen LogP contribution in [0.25, 0.3) is 0 Å². The SMILES string of the molecule is CCOP(=O)(OCC)[C@H](NC(=O)OCc1ccccc1)c1ccc([N+](=O)[O-])cc1. The van der Waals surface area contributed by atoms with Crippen LogP contribution < -0.4 is 5.32 Å². The second-order valence-electron chi connectivity index (χ2n) is 5.83. The molecule has 0 saturated heterocycles. The number of rotatable bonds is 10. The lowest BCUT2D eigenvalue weighted by molar-refractivity contribution is -0.384. The van der Waals surface area contributed by atoms with Gasteiger partial charge in [-0.2, -0.15) is 0 Å². The predicted octanol–water partition coefficient (Wildman–Crippen LogP) is 4.79. The molecule has 0 aliphatic carbocycles. The Hall–Kier alpha value is -2.74. The van der Waals surface area contributed by atoms with Gasteiger partial charge in [0.25, 0.3) is 5.69 Å². The van der Waals surface area contributed by atoms with E-state index in [0.29, 0.717) is 5.56 Å². The van der Waals surface area contributed by atoms with Gasteiger partial charge in [-0.05, 0) is 37.1 Å². The molecule has 0 unspecified atom stereocenters. The fourth-order valence-corrected chi connectivity index (χ4v) is 4.44. The molecule has 0 aliphatic rings. The van der Waals surface area contributed by atoms with E-state index in [0.717, 1.165) is 5.56 Å². The van der Waals surface area contributed by atoms with Crippen molar-refractivity contribution in [3.63, 3.8) is 0 Å². The maximum atomic E-state index is 13.3. The number of carbonyl (C=O) groups is 1. The fraction of sp³-hybridized carbons (Fsp3) is 0.316. The average molecular weight is 422 g/mol. The number of ether oxygens (including phenoxy) is 1. The van der Waals surface area contributed by atoms with Crippen molar-refractivity contribution in [3.8, 4) is 0 Å². The van der Waals surface area contributed by atoms with Gasteiger partial charge in [-0.15, -0.1) is 0 Å². The zero-order valence-electron chi connectivity index (χ0n) is 16.1. The maximum Gasteiger partial charge on any atom is 0.408 e. The first kappa shape index (κ1) is 22.5. The minimum atomic E-state index is -3.82. The summed E-state index contributed by atoms with van der Waals surface area (Å²) in [5.74, 6) is -1.19. The normalized spacial score (nSPS) is 12.2. The number of alkyl carbamates (subject to hydrolysis) is 1. The van der Waals surface area contributed by atoms with Crippen LogP contribution in [0.1, 0.15) is 30.8 Å². The molecular formula is C19H23N2O7P. The van der Waals surface area contributed by atoms with Gasteiger partial charge < -0.3 is 19.1 Å². The lowest BCUT2D eigenvalue weighted by Crippen LogP contribution is -2.30. The first-order valence-corrected chi connectivity index (χ1v) is 10.6. The highest BCUT2D eigenvalue weighted by Crippen LogP contribution is 2.59. The summed E-state index contributed by atoms with van der Waals surface area (Å²) in [7, 11) is -3.82. The van der Waals surface area contributed by atoms with Gasteiger partial charge in [0.15, 0.2) is 5.78 Å². The van der Waals surface area contributed by atoms with Crippen molar-refractivity contribution in [2.45, 2.75) is 26.2 Å². The summed E-state index contributed by atoms with van der Waals surface area (Å²) in [5, 5.41) is 13.4. The molecule has 2 aromatic carbocycles. The van der Waals surface area contributed by atoms with Gasteiger partial charge in [0, 0.05) is 12.1 Å². The molecule has 0 saturated carbocycles. The smallest absolute Gasteiger partial charge is 0.408 e. The summed E-state index contributed by atoms with van der Waals surface area (Å²) in [6, 6.07) is 14.4. The quantitative estimate of drug-likeness (QED) is 0.332. The number of nitrogens with zero attached hydrogens (tertiary/aromatic N) is 1. The van der Waals surface area contributed by atoms with Crippen LogP contribution in [-0.4, -0.2) is 24.2 Å². The van der Waals surface area contributed by atoms with Crippen LogP contribution in [0.15, 0.2) is 54.6 Å². The van der Waals surface area contributed by atoms with Gasteiger partial charge in [0.1, 0.15) is 6.61 Å². The Labute approximate surface area is 168 Å². The molecule has 0 spiro atoms. The molecule has 1 amide bonds. The Balaban J connectivity index is 2.24. The minimum Gasteiger partial charge on any atom is -0.445 e. The number of hydrogen-bond acceptors (Lipinski definition) is 7. The third-order valence-corrected chi connectivity index (χ3v) is 6.12. The van der Waals surface area contributed by atoms with Crippen LogP contribution >= 0.6 is 7.60 Å². The van der Waals surface area contributed by atoms with Crippen LogP contribution in [0, 0.1) is 10.1 Å². The van der Waals surface area contributed by atoms with Crippen molar-refractivity contribution < 1.29 is 28.1 Å². The molecule has 0 aliphatic heterocycles. The van der Waals surface area contributed by atoms with E-state index in [9.17, 15) is 19.5 Å². The Kier molecular flexibility index (Phi) is 8.33. The van der Waals surface area contributed by atoms with Crippen LogP contribution in [-0.2, 0) is 25.0 Å². The first-order valence-electron chi connectivity index (χ1n) is 9.00. The van der Waals surface area contributed by atoms with Crippen molar-refractivity contribution >= 4 is 19.4 Å². The van der Waals surface area contributed by atoms with Crippen molar-refractivity contribution in [2.24, 2.45) is 0 Å². The highest BCUT2D eigenvalue weighted by atomic mass is 31.2. The number of nitrogens with one attached hydrogen (secondary N) is 1. The van der Waals surface area contributed by atoms with Gasteiger partial charge >= 0.3 is 13.7 Å². The van der Waals surface area contributed by atoms with E-state index in [-0.39, 0.29) is 25.5 Å². The molecule has 0 aromatic heterocycles. The topological polar surface area (TPSA) is 117 Å². The van der Waals surface area contributed by atoms with Crippen molar-refractivity contribution in [3.05, 3.63) is 75.8 Å². The van der Waals surface area contributed by atoms with Crippen LogP contribution in [0.2, 0.25) is 0 Å². The summed E-state index contributed by atoms with van der Waals surface area (Å²) in [6.45, 7) is 3.48. The van der Waals surface area contributed by atoms with E-state index in [2.05, 4.69) is 5.32 Å². The number of non-ortho nitro benzene ring substituents is 1. The molecule has 1 N–H and O–H groups in total. The predicted molar refractivity (Wildman–Crippen MR) is 106 cm³/mol. The zero-order valence-corrected chi connectivity index (χ0v) is 17.0. The largest absolute Gasteiger partial charge is 0.445 e. The Morgan fingerprint density at radius 1 is 1.07 bits per heavy atom. The molecule has 29 heavy (non-hydrogen) atoms. The Morgan fingerprint density at radius 3 is 2.17 bits per heavy atom. The van der Waals surface area contributed by atoms with E-state index in [1.807, 2.05) is 18.2 Å². The fourth-order valence-electron chi connectivity index (χ4n) is 2.55. The van der Waals surface area contributed by atoms with Gasteiger partial charge in [0.05, 0.1) is 18.1 Å². The van der Waals surface area contributed by atoms with Gasteiger partial charge in [-0.25, -0.2) is 4.79 Å². The van der Waals surface area contributed by atoms with E-state index in [1.165, 1.54) is 24.3 Å². The summed E-state index contributed by atoms with van der Waals surface area (Å²) in [6.07, 6.45) is -0.822. The van der Waals surface area contributed by atoms with Crippen molar-refractivity contribution in [1.82, 2.24) is 5.32 Å². The van der Waals surface area contributed by atoms with E-state index in [1.54, 1.807) is 26.0 Å². The molecule has 156 valence electrons. The Morgan fingerprint density at radius 2 is 1.66 bits per heavy atom. The Bertz CT molecular complexity index is 849. The number of nitro benzene ring substituents is 1. The third-order valence-electron chi connectivity index (χ3n) is 3.82. The second kappa shape index (κ2) is 10.7. The zero-order chi connectivity index (χ0) is 21.3. The number of nitro groups is 1. The number of amides is 1. The monoisotopic (exact) mass is 422 g/mol.